The van der Waals surface area contributed by atoms with Gasteiger partial charge in [-0.2, -0.15) is 0 Å². The number of Topliss-reactive ketones (excluding diaryl/α,β-unsaturated/α-hetero) is 1. The summed E-state index contributed by atoms with van der Waals surface area (Å²) in [6.07, 6.45) is 4.56. The Morgan fingerprint density at radius 2 is 2.11 bits per heavy atom. The van der Waals surface area contributed by atoms with Crippen LogP contribution in [0.15, 0.2) is 11.8 Å². The van der Waals surface area contributed by atoms with Gasteiger partial charge in [0.1, 0.15) is 0 Å². The van der Waals surface area contributed by atoms with Crippen molar-refractivity contribution in [3.8, 4) is 0 Å². The lowest BCUT2D eigenvalue weighted by Gasteiger charge is -2.38. The zero-order valence-electron chi connectivity index (χ0n) is 11.3. The van der Waals surface area contributed by atoms with Crippen LogP contribution in [0.5, 0.6) is 0 Å². The van der Waals surface area contributed by atoms with Crippen LogP contribution in [0.4, 0.5) is 0 Å². The van der Waals surface area contributed by atoms with Crippen LogP contribution in [0.1, 0.15) is 26.2 Å². The number of carbonyl (C=O) groups excluding carboxylic acids is 2. The molecule has 0 spiro atoms. The standard InChI is InChI=1S/C13H21N3O2/c1-10(17)11-6-4-8-15-9-5-7-12(14(2)3)13(18)16(11)15/h6,12H,4-5,7-9H2,1-3H3. The Morgan fingerprint density at radius 3 is 2.72 bits per heavy atom. The summed E-state index contributed by atoms with van der Waals surface area (Å²) in [7, 11) is 3.83. The number of ketones is 1. The van der Waals surface area contributed by atoms with Gasteiger partial charge in [0, 0.05) is 20.0 Å². The molecule has 2 heterocycles. The van der Waals surface area contributed by atoms with E-state index in [1.807, 2.05) is 30.1 Å². The largest absolute Gasteiger partial charge is 0.298 e. The number of allylic oxidation sites excluding steroid dienone is 1. The molecule has 1 atom stereocenters. The van der Waals surface area contributed by atoms with E-state index in [0.717, 1.165) is 32.4 Å². The summed E-state index contributed by atoms with van der Waals surface area (Å²) in [5, 5.41) is 3.63. The van der Waals surface area contributed by atoms with Crippen LogP contribution in [-0.4, -0.2) is 59.8 Å². The van der Waals surface area contributed by atoms with Gasteiger partial charge in [0.2, 0.25) is 0 Å². The lowest BCUT2D eigenvalue weighted by molar-refractivity contribution is -0.150. The monoisotopic (exact) mass is 251 g/mol. The molecular formula is C13H21N3O2. The molecule has 0 aromatic heterocycles. The van der Waals surface area contributed by atoms with Crippen molar-refractivity contribution in [2.45, 2.75) is 32.2 Å². The van der Waals surface area contributed by atoms with Crippen molar-refractivity contribution < 1.29 is 9.59 Å². The zero-order chi connectivity index (χ0) is 13.3. The average Bonchev–Trinajstić information content (AvgIpc) is 2.48. The third kappa shape index (κ3) is 2.33. The number of fused-ring (bicyclic) bond motifs is 1. The fraction of sp³-hybridized carbons (Fsp3) is 0.692. The van der Waals surface area contributed by atoms with Gasteiger partial charge in [-0.05, 0) is 33.4 Å². The maximum Gasteiger partial charge on any atom is 0.258 e. The third-order valence-electron chi connectivity index (χ3n) is 3.61. The molecule has 0 N–H and O–H groups in total. The lowest BCUT2D eigenvalue weighted by Crippen LogP contribution is -2.53. The number of carbonyl (C=O) groups is 2. The van der Waals surface area contributed by atoms with Gasteiger partial charge in [-0.3, -0.25) is 14.5 Å². The minimum Gasteiger partial charge on any atom is -0.298 e. The number of amides is 1. The van der Waals surface area contributed by atoms with Crippen molar-refractivity contribution in [1.82, 2.24) is 14.9 Å². The lowest BCUT2D eigenvalue weighted by atomic mass is 10.1. The van der Waals surface area contributed by atoms with E-state index in [1.165, 1.54) is 6.92 Å². The first kappa shape index (κ1) is 13.2. The van der Waals surface area contributed by atoms with Gasteiger partial charge in [-0.15, -0.1) is 0 Å². The highest BCUT2D eigenvalue weighted by Crippen LogP contribution is 2.24. The van der Waals surface area contributed by atoms with Crippen LogP contribution in [0.25, 0.3) is 0 Å². The molecule has 1 saturated heterocycles. The van der Waals surface area contributed by atoms with Crippen LogP contribution in [0.2, 0.25) is 0 Å². The summed E-state index contributed by atoms with van der Waals surface area (Å²) in [6, 6.07) is -0.129. The normalized spacial score (nSPS) is 25.8. The van der Waals surface area contributed by atoms with E-state index in [0.29, 0.717) is 5.70 Å². The van der Waals surface area contributed by atoms with E-state index in [9.17, 15) is 9.59 Å². The number of nitrogens with zero attached hydrogens (tertiary/aromatic N) is 3. The van der Waals surface area contributed by atoms with Gasteiger partial charge in [-0.1, -0.05) is 6.08 Å². The van der Waals surface area contributed by atoms with Crippen LogP contribution >= 0.6 is 0 Å². The molecule has 1 unspecified atom stereocenters. The van der Waals surface area contributed by atoms with Crippen molar-refractivity contribution in [3.05, 3.63) is 11.8 Å². The van der Waals surface area contributed by atoms with Gasteiger partial charge in [0.05, 0.1) is 11.7 Å². The maximum absolute atomic E-state index is 12.6. The molecule has 0 radical (unpaired) electrons. The van der Waals surface area contributed by atoms with Gasteiger partial charge >= 0.3 is 0 Å². The van der Waals surface area contributed by atoms with E-state index >= 15 is 0 Å². The van der Waals surface area contributed by atoms with Crippen molar-refractivity contribution in [3.63, 3.8) is 0 Å². The number of likely N-dealkylation sites (N-methyl/N-ethyl adjacent to an activating group) is 1. The molecule has 2 rings (SSSR count). The van der Waals surface area contributed by atoms with Crippen LogP contribution in [0.3, 0.4) is 0 Å². The summed E-state index contributed by atoms with van der Waals surface area (Å²) < 4.78 is 0. The van der Waals surface area contributed by atoms with Crippen LogP contribution in [-0.2, 0) is 9.59 Å². The molecule has 1 fully saturated rings. The molecule has 0 aromatic carbocycles. The van der Waals surface area contributed by atoms with Gasteiger partial charge in [0.15, 0.2) is 5.78 Å². The molecule has 0 saturated carbocycles. The third-order valence-corrected chi connectivity index (χ3v) is 3.61. The predicted octanol–water partition coefficient (Wildman–Crippen LogP) is 0.633. The fourth-order valence-corrected chi connectivity index (χ4v) is 2.66. The Morgan fingerprint density at radius 1 is 1.39 bits per heavy atom. The summed E-state index contributed by atoms with van der Waals surface area (Å²) >= 11 is 0. The van der Waals surface area contributed by atoms with E-state index in [1.54, 1.807) is 5.01 Å². The Hall–Kier alpha value is -1.20. The Balaban J connectivity index is 2.33. The van der Waals surface area contributed by atoms with Crippen LogP contribution in [0, 0.1) is 0 Å². The van der Waals surface area contributed by atoms with Gasteiger partial charge in [0.25, 0.3) is 5.91 Å². The summed E-state index contributed by atoms with van der Waals surface area (Å²) in [4.78, 5) is 26.2. The molecule has 1 amide bonds. The Kier molecular flexibility index (Phi) is 3.82. The van der Waals surface area contributed by atoms with Crippen molar-refractivity contribution in [2.75, 3.05) is 27.2 Å². The second-order valence-corrected chi connectivity index (χ2v) is 5.16. The Bertz CT molecular complexity index is 390. The smallest absolute Gasteiger partial charge is 0.258 e. The molecule has 5 heteroatoms. The summed E-state index contributed by atoms with van der Waals surface area (Å²) in [5.74, 6) is -0.00824. The van der Waals surface area contributed by atoms with Crippen molar-refractivity contribution in [2.24, 2.45) is 0 Å². The predicted molar refractivity (Wildman–Crippen MR) is 68.5 cm³/mol. The zero-order valence-corrected chi connectivity index (χ0v) is 11.3. The first-order valence-corrected chi connectivity index (χ1v) is 6.48. The van der Waals surface area contributed by atoms with E-state index in [4.69, 9.17) is 0 Å². The molecule has 2 aliphatic heterocycles. The number of hydrazine groups is 1. The summed E-state index contributed by atoms with van der Waals surface area (Å²) in [6.45, 7) is 3.20. The van der Waals surface area contributed by atoms with E-state index < -0.39 is 0 Å². The number of hydrogen-bond acceptors (Lipinski definition) is 4. The topological polar surface area (TPSA) is 43.9 Å². The maximum atomic E-state index is 12.6. The van der Waals surface area contributed by atoms with Gasteiger partial charge < -0.3 is 0 Å². The molecule has 100 valence electrons. The summed E-state index contributed by atoms with van der Waals surface area (Å²) in [5.41, 5.74) is 0.542. The molecular weight excluding hydrogens is 230 g/mol. The highest BCUT2D eigenvalue weighted by Gasteiger charge is 2.37. The van der Waals surface area contributed by atoms with E-state index in [2.05, 4.69) is 0 Å². The van der Waals surface area contributed by atoms with Gasteiger partial charge in [-0.25, -0.2) is 10.0 Å². The van der Waals surface area contributed by atoms with Crippen LogP contribution < -0.4 is 0 Å². The average molecular weight is 251 g/mol. The highest BCUT2D eigenvalue weighted by atomic mass is 16.2. The minimum absolute atomic E-state index is 0.0265. The minimum atomic E-state index is -0.129. The first-order valence-electron chi connectivity index (χ1n) is 6.48. The molecule has 0 bridgehead atoms. The molecule has 5 nitrogen and oxygen atoms in total. The molecule has 18 heavy (non-hydrogen) atoms. The fourth-order valence-electron chi connectivity index (χ4n) is 2.66. The molecule has 0 aromatic rings. The SMILES string of the molecule is CC(=O)C1=CCCN2CCCC(N(C)C)C(=O)N12. The molecule has 0 aliphatic carbocycles. The van der Waals surface area contributed by atoms with Crippen molar-refractivity contribution >= 4 is 11.7 Å². The second-order valence-electron chi connectivity index (χ2n) is 5.16. The van der Waals surface area contributed by atoms with E-state index in [-0.39, 0.29) is 17.7 Å². The Labute approximate surface area is 108 Å². The number of hydrogen-bond donors (Lipinski definition) is 0. The molecule has 2 aliphatic rings. The first-order chi connectivity index (χ1) is 8.52. The quantitative estimate of drug-likeness (QED) is 0.722. The van der Waals surface area contributed by atoms with Crippen molar-refractivity contribution in [1.29, 1.82) is 0 Å². The number of rotatable bonds is 2. The highest BCUT2D eigenvalue weighted by molar-refractivity contribution is 5.98. The second kappa shape index (κ2) is 5.20.